The summed E-state index contributed by atoms with van der Waals surface area (Å²) in [5.74, 6) is -1.06. The van der Waals surface area contributed by atoms with Gasteiger partial charge in [0.2, 0.25) is 5.91 Å². The first-order valence-electron chi connectivity index (χ1n) is 10.6. The third-order valence-corrected chi connectivity index (χ3v) is 6.70. The van der Waals surface area contributed by atoms with Crippen LogP contribution in [-0.2, 0) is 20.8 Å². The molecule has 1 saturated heterocycles. The second-order valence-corrected chi connectivity index (χ2v) is 8.99. The van der Waals surface area contributed by atoms with Gasteiger partial charge in [0.05, 0.1) is 12.1 Å². The van der Waals surface area contributed by atoms with Crippen LogP contribution in [0.2, 0.25) is 5.02 Å². The highest BCUT2D eigenvalue weighted by atomic mass is 35.5. The molecule has 0 radical (unpaired) electrons. The minimum atomic E-state index is -0.607. The zero-order valence-electron chi connectivity index (χ0n) is 18.4. The molecule has 2 aromatic carbocycles. The quantitative estimate of drug-likeness (QED) is 0.655. The summed E-state index contributed by atoms with van der Waals surface area (Å²) in [6.07, 6.45) is 0.312. The number of halogens is 2. The van der Waals surface area contributed by atoms with Crippen LogP contribution in [0.25, 0.3) is 0 Å². The molecule has 1 N–H and O–H groups in total. The van der Waals surface area contributed by atoms with Crippen LogP contribution in [0, 0.1) is 6.92 Å². The summed E-state index contributed by atoms with van der Waals surface area (Å²) in [7, 11) is 2.05. The molecule has 1 fully saturated rings. The van der Waals surface area contributed by atoms with Gasteiger partial charge in [0.25, 0.3) is 11.8 Å². The number of carbonyl (C=O) groups is 3. The van der Waals surface area contributed by atoms with Gasteiger partial charge >= 0.3 is 0 Å². The largest absolute Gasteiger partial charge is 0.350 e. The van der Waals surface area contributed by atoms with E-state index in [0.29, 0.717) is 28.4 Å². The van der Waals surface area contributed by atoms with Crippen molar-refractivity contribution in [2.75, 3.05) is 43.4 Å². The number of nitrogens with zero attached hydrogens (tertiary/aromatic N) is 3. The molecule has 0 spiro atoms. The van der Waals surface area contributed by atoms with Crippen molar-refractivity contribution in [3.05, 3.63) is 69.3 Å². The first kappa shape index (κ1) is 23.3. The van der Waals surface area contributed by atoms with Crippen LogP contribution in [0.5, 0.6) is 0 Å². The van der Waals surface area contributed by atoms with E-state index >= 15 is 0 Å². The number of imide groups is 1. The highest BCUT2D eigenvalue weighted by Crippen LogP contribution is 2.34. The molecular formula is C24H24Cl2N4O3. The smallest absolute Gasteiger partial charge is 0.283 e. The molecule has 3 amide bonds. The van der Waals surface area contributed by atoms with Gasteiger partial charge in [0.1, 0.15) is 10.7 Å². The Morgan fingerprint density at radius 2 is 1.64 bits per heavy atom. The normalized spacial score (nSPS) is 17.2. The fourth-order valence-corrected chi connectivity index (χ4v) is 4.24. The Morgan fingerprint density at radius 1 is 0.970 bits per heavy atom. The van der Waals surface area contributed by atoms with E-state index < -0.39 is 11.8 Å². The molecule has 7 nitrogen and oxygen atoms in total. The molecule has 33 heavy (non-hydrogen) atoms. The number of hydrogen-bond donors (Lipinski definition) is 1. The van der Waals surface area contributed by atoms with Gasteiger partial charge in [-0.3, -0.25) is 14.4 Å². The molecule has 2 aromatic rings. The first-order valence-corrected chi connectivity index (χ1v) is 11.4. The zero-order chi connectivity index (χ0) is 23.7. The SMILES string of the molecule is Cc1c(Cl)cccc1N1C(=O)C(Cl)=C(Nc2ccc(CC(=O)N3CCN(C)CC3)cc2)C1=O. The average Bonchev–Trinajstić information content (AvgIpc) is 3.00. The number of benzene rings is 2. The summed E-state index contributed by atoms with van der Waals surface area (Å²) in [6.45, 7) is 4.96. The molecule has 2 heterocycles. The minimum Gasteiger partial charge on any atom is -0.350 e. The lowest BCUT2D eigenvalue weighted by molar-refractivity contribution is -0.132. The van der Waals surface area contributed by atoms with Crippen LogP contribution in [-0.4, -0.2) is 60.7 Å². The van der Waals surface area contributed by atoms with Gasteiger partial charge in [0, 0.05) is 36.9 Å². The molecule has 2 aliphatic heterocycles. The Kier molecular flexibility index (Phi) is 6.74. The molecule has 0 atom stereocenters. The van der Waals surface area contributed by atoms with Gasteiger partial charge in [0.15, 0.2) is 0 Å². The molecule has 0 saturated carbocycles. The Morgan fingerprint density at radius 3 is 2.30 bits per heavy atom. The number of nitrogens with one attached hydrogen (secondary N) is 1. The summed E-state index contributed by atoms with van der Waals surface area (Å²) in [6, 6.07) is 12.2. The van der Waals surface area contributed by atoms with Gasteiger partial charge in [-0.1, -0.05) is 41.4 Å². The summed E-state index contributed by atoms with van der Waals surface area (Å²) >= 11 is 12.4. The van der Waals surface area contributed by atoms with Gasteiger partial charge in [-0.15, -0.1) is 0 Å². The van der Waals surface area contributed by atoms with Crippen molar-refractivity contribution in [1.29, 1.82) is 0 Å². The van der Waals surface area contributed by atoms with Crippen molar-refractivity contribution in [1.82, 2.24) is 9.80 Å². The molecule has 2 aliphatic rings. The Hall–Kier alpha value is -2.87. The summed E-state index contributed by atoms with van der Waals surface area (Å²) in [4.78, 5) is 43.4. The van der Waals surface area contributed by atoms with E-state index in [-0.39, 0.29) is 16.6 Å². The highest BCUT2D eigenvalue weighted by molar-refractivity contribution is 6.53. The summed E-state index contributed by atoms with van der Waals surface area (Å²) < 4.78 is 0. The second kappa shape index (κ2) is 9.55. The number of rotatable bonds is 5. The van der Waals surface area contributed by atoms with Crippen molar-refractivity contribution in [3.8, 4) is 0 Å². The maximum absolute atomic E-state index is 13.0. The molecule has 4 rings (SSSR count). The number of anilines is 2. The number of hydrogen-bond acceptors (Lipinski definition) is 5. The fraction of sp³-hybridized carbons (Fsp3) is 0.292. The van der Waals surface area contributed by atoms with Crippen molar-refractivity contribution in [3.63, 3.8) is 0 Å². The molecule has 0 aliphatic carbocycles. The Labute approximate surface area is 202 Å². The standard InChI is InChI=1S/C24H24Cl2N4O3/c1-15-18(25)4-3-5-19(15)30-23(32)21(26)22(24(30)33)27-17-8-6-16(7-9-17)14-20(31)29-12-10-28(2)11-13-29/h3-9,27H,10-14H2,1-2H3. The van der Waals surface area contributed by atoms with Crippen LogP contribution in [0.1, 0.15) is 11.1 Å². The number of amides is 3. The van der Waals surface area contributed by atoms with E-state index in [9.17, 15) is 14.4 Å². The van der Waals surface area contributed by atoms with Crippen LogP contribution < -0.4 is 10.2 Å². The second-order valence-electron chi connectivity index (χ2n) is 8.20. The predicted octanol–water partition coefficient (Wildman–Crippen LogP) is 3.40. The maximum atomic E-state index is 13.0. The maximum Gasteiger partial charge on any atom is 0.283 e. The van der Waals surface area contributed by atoms with Crippen molar-refractivity contribution >= 4 is 52.3 Å². The predicted molar refractivity (Wildman–Crippen MR) is 129 cm³/mol. The number of likely N-dealkylation sites (N-methyl/N-ethyl adjacent to an activating group) is 1. The van der Waals surface area contributed by atoms with E-state index in [0.717, 1.165) is 36.6 Å². The van der Waals surface area contributed by atoms with E-state index in [4.69, 9.17) is 23.2 Å². The molecule has 9 heteroatoms. The van der Waals surface area contributed by atoms with Crippen LogP contribution >= 0.6 is 23.2 Å². The summed E-state index contributed by atoms with van der Waals surface area (Å²) in [5.41, 5.74) is 2.47. The van der Waals surface area contributed by atoms with Gasteiger partial charge in [-0.05, 0) is 49.4 Å². The molecule has 0 bridgehead atoms. The van der Waals surface area contributed by atoms with Gasteiger partial charge in [-0.25, -0.2) is 4.90 Å². The Bertz CT molecular complexity index is 1140. The van der Waals surface area contributed by atoms with E-state index in [1.54, 1.807) is 37.3 Å². The lowest BCUT2D eigenvalue weighted by atomic mass is 10.1. The van der Waals surface area contributed by atoms with Gasteiger partial charge < -0.3 is 15.1 Å². The molecule has 0 aromatic heterocycles. The van der Waals surface area contributed by atoms with Crippen LogP contribution in [0.3, 0.4) is 0 Å². The van der Waals surface area contributed by atoms with Gasteiger partial charge in [-0.2, -0.15) is 0 Å². The van der Waals surface area contributed by atoms with E-state index in [1.807, 2.05) is 24.1 Å². The van der Waals surface area contributed by atoms with E-state index in [1.165, 1.54) is 0 Å². The molecule has 172 valence electrons. The fourth-order valence-electron chi connectivity index (χ4n) is 3.86. The third kappa shape index (κ3) is 4.76. The molecular weight excluding hydrogens is 463 g/mol. The summed E-state index contributed by atoms with van der Waals surface area (Å²) in [5, 5.41) is 3.22. The lowest BCUT2D eigenvalue weighted by Gasteiger charge is -2.32. The van der Waals surface area contributed by atoms with Crippen LogP contribution in [0.15, 0.2) is 53.2 Å². The van der Waals surface area contributed by atoms with Crippen molar-refractivity contribution < 1.29 is 14.4 Å². The lowest BCUT2D eigenvalue weighted by Crippen LogP contribution is -2.47. The average molecular weight is 487 g/mol. The zero-order valence-corrected chi connectivity index (χ0v) is 19.9. The molecule has 0 unspecified atom stereocenters. The van der Waals surface area contributed by atoms with E-state index in [2.05, 4.69) is 10.2 Å². The van der Waals surface area contributed by atoms with Crippen molar-refractivity contribution in [2.45, 2.75) is 13.3 Å². The monoisotopic (exact) mass is 486 g/mol. The third-order valence-electron chi connectivity index (χ3n) is 5.94. The number of piperazine rings is 1. The van der Waals surface area contributed by atoms with Crippen LogP contribution in [0.4, 0.5) is 11.4 Å². The number of carbonyl (C=O) groups excluding carboxylic acids is 3. The Balaban J connectivity index is 1.44. The first-order chi connectivity index (χ1) is 15.8. The minimum absolute atomic E-state index is 0.00213. The van der Waals surface area contributed by atoms with Crippen molar-refractivity contribution in [2.24, 2.45) is 0 Å². The highest BCUT2D eigenvalue weighted by Gasteiger charge is 2.39. The topological polar surface area (TPSA) is 73.0 Å².